The smallest absolute Gasteiger partial charge is 0.0965 e. The van der Waals surface area contributed by atoms with Crippen LogP contribution in [-0.4, -0.2) is 18.9 Å². The summed E-state index contributed by atoms with van der Waals surface area (Å²) < 4.78 is 0. The number of hydrogen-bond acceptors (Lipinski definition) is 2. The molecule has 0 aromatic rings. The van der Waals surface area contributed by atoms with Gasteiger partial charge >= 0.3 is 0 Å². The highest BCUT2D eigenvalue weighted by Gasteiger charge is 2.10. The fourth-order valence-electron chi connectivity index (χ4n) is 1.31. The molecule has 72 valence electrons. The Morgan fingerprint density at radius 1 is 1.58 bits per heavy atom. The Labute approximate surface area is 81.3 Å². The monoisotopic (exact) mass is 190 g/mol. The zero-order valence-electron chi connectivity index (χ0n) is 7.97. The molecule has 1 N–H and O–H groups in total. The van der Waals surface area contributed by atoms with Crippen molar-refractivity contribution >= 4 is 18.2 Å². The topological polar surface area (TPSA) is 24.4 Å². The molecule has 0 aromatic carbocycles. The molecule has 0 saturated heterocycles. The quantitative estimate of drug-likeness (QED) is 0.710. The van der Waals surface area contributed by atoms with Crippen LogP contribution < -0.4 is 5.32 Å². The Bertz CT molecular complexity index is 145. The number of hydrogen-bond donors (Lipinski definition) is 1. The van der Waals surface area contributed by atoms with Gasteiger partial charge in [0.15, 0.2) is 0 Å². The van der Waals surface area contributed by atoms with Gasteiger partial charge in [-0.1, -0.05) is 13.8 Å². The maximum atomic E-state index is 4.42. The first-order valence-electron chi connectivity index (χ1n) is 4.60. The summed E-state index contributed by atoms with van der Waals surface area (Å²) in [6.07, 6.45) is 3.60. The van der Waals surface area contributed by atoms with Gasteiger partial charge in [-0.3, -0.25) is 4.99 Å². The van der Waals surface area contributed by atoms with Gasteiger partial charge in [0.05, 0.1) is 5.84 Å². The number of halogens is 1. The largest absolute Gasteiger partial charge is 0.374 e. The lowest BCUT2D eigenvalue weighted by Gasteiger charge is -2.18. The molecule has 0 saturated carbocycles. The third kappa shape index (κ3) is 3.96. The van der Waals surface area contributed by atoms with E-state index in [4.69, 9.17) is 0 Å². The summed E-state index contributed by atoms with van der Waals surface area (Å²) in [6, 6.07) is 0. The van der Waals surface area contributed by atoms with E-state index in [1.807, 2.05) is 0 Å². The zero-order chi connectivity index (χ0) is 8.10. The summed E-state index contributed by atoms with van der Waals surface area (Å²) in [5.74, 6) is 2.05. The van der Waals surface area contributed by atoms with Crippen LogP contribution in [0.15, 0.2) is 4.99 Å². The van der Waals surface area contributed by atoms with E-state index in [2.05, 4.69) is 24.2 Å². The van der Waals surface area contributed by atoms with Gasteiger partial charge in [0.25, 0.3) is 0 Å². The van der Waals surface area contributed by atoms with Crippen LogP contribution in [-0.2, 0) is 0 Å². The summed E-state index contributed by atoms with van der Waals surface area (Å²) in [7, 11) is 0. The van der Waals surface area contributed by atoms with Crippen LogP contribution in [0.2, 0.25) is 0 Å². The number of aliphatic imine (C=N–C) groups is 1. The highest BCUT2D eigenvalue weighted by atomic mass is 35.5. The molecule has 2 nitrogen and oxygen atoms in total. The number of amidine groups is 1. The first-order chi connectivity index (χ1) is 5.33. The Morgan fingerprint density at radius 2 is 2.33 bits per heavy atom. The summed E-state index contributed by atoms with van der Waals surface area (Å²) in [6.45, 7) is 6.57. The normalized spacial score (nSPS) is 22.5. The number of rotatable bonds is 2. The average molecular weight is 191 g/mol. The minimum Gasteiger partial charge on any atom is -0.374 e. The van der Waals surface area contributed by atoms with E-state index in [0.717, 1.165) is 25.4 Å². The molecule has 1 aliphatic heterocycles. The fraction of sp³-hybridized carbons (Fsp3) is 0.889. The van der Waals surface area contributed by atoms with Gasteiger partial charge in [-0.25, -0.2) is 0 Å². The molecule has 12 heavy (non-hydrogen) atoms. The van der Waals surface area contributed by atoms with Crippen molar-refractivity contribution in [2.24, 2.45) is 10.9 Å². The molecular weight excluding hydrogens is 172 g/mol. The Hall–Kier alpha value is -0.240. The second kappa shape index (κ2) is 6.30. The van der Waals surface area contributed by atoms with Crippen molar-refractivity contribution in [3.63, 3.8) is 0 Å². The van der Waals surface area contributed by atoms with Gasteiger partial charge < -0.3 is 5.32 Å². The van der Waals surface area contributed by atoms with E-state index >= 15 is 0 Å². The molecule has 1 heterocycles. The molecule has 0 aliphatic carbocycles. The average Bonchev–Trinajstić information content (AvgIpc) is 2.01. The second-order valence-electron chi connectivity index (χ2n) is 3.35. The molecule has 1 aliphatic rings. The van der Waals surface area contributed by atoms with Crippen LogP contribution in [0.3, 0.4) is 0 Å². The van der Waals surface area contributed by atoms with Crippen LogP contribution in [0, 0.1) is 5.92 Å². The maximum absolute atomic E-state index is 4.42. The predicted octanol–water partition coefficient (Wildman–Crippen LogP) is 2.24. The molecule has 0 spiro atoms. The molecule has 0 bridgehead atoms. The van der Waals surface area contributed by atoms with Crippen LogP contribution in [0.1, 0.15) is 33.1 Å². The van der Waals surface area contributed by atoms with Crippen molar-refractivity contribution in [3.05, 3.63) is 0 Å². The lowest BCUT2D eigenvalue weighted by molar-refractivity contribution is 0.529. The third-order valence-corrected chi connectivity index (χ3v) is 2.05. The van der Waals surface area contributed by atoms with Gasteiger partial charge in [0, 0.05) is 19.5 Å². The van der Waals surface area contributed by atoms with E-state index in [1.54, 1.807) is 0 Å². The van der Waals surface area contributed by atoms with E-state index in [0.29, 0.717) is 0 Å². The SMILES string of the molecule is CCCNC1=NCCC(C)C1.Cl. The van der Waals surface area contributed by atoms with Crippen molar-refractivity contribution in [1.29, 1.82) is 0 Å². The standard InChI is InChI=1S/C9H18N2.ClH/c1-3-5-10-9-7-8(2)4-6-11-9;/h8H,3-7H2,1-2H3,(H,10,11);1H. The van der Waals surface area contributed by atoms with Gasteiger partial charge in [-0.2, -0.15) is 0 Å². The maximum Gasteiger partial charge on any atom is 0.0965 e. The number of nitrogens with one attached hydrogen (secondary N) is 1. The molecule has 1 unspecified atom stereocenters. The van der Waals surface area contributed by atoms with E-state index in [9.17, 15) is 0 Å². The zero-order valence-corrected chi connectivity index (χ0v) is 8.78. The van der Waals surface area contributed by atoms with Crippen molar-refractivity contribution in [2.75, 3.05) is 13.1 Å². The minimum absolute atomic E-state index is 0. The van der Waals surface area contributed by atoms with Crippen LogP contribution in [0.5, 0.6) is 0 Å². The van der Waals surface area contributed by atoms with Crippen molar-refractivity contribution in [2.45, 2.75) is 33.1 Å². The fourth-order valence-corrected chi connectivity index (χ4v) is 1.31. The van der Waals surface area contributed by atoms with Crippen molar-refractivity contribution in [1.82, 2.24) is 5.32 Å². The Kier molecular flexibility index (Phi) is 6.17. The molecule has 0 radical (unpaired) electrons. The molecule has 1 rings (SSSR count). The molecule has 0 fully saturated rings. The van der Waals surface area contributed by atoms with Crippen LogP contribution in [0.25, 0.3) is 0 Å². The van der Waals surface area contributed by atoms with Gasteiger partial charge in [-0.15, -0.1) is 12.4 Å². The van der Waals surface area contributed by atoms with Crippen molar-refractivity contribution < 1.29 is 0 Å². The summed E-state index contributed by atoms with van der Waals surface area (Å²) >= 11 is 0. The number of nitrogens with zero attached hydrogens (tertiary/aromatic N) is 1. The molecular formula is C9H19ClN2. The van der Waals surface area contributed by atoms with E-state index in [-0.39, 0.29) is 12.4 Å². The highest BCUT2D eigenvalue weighted by Crippen LogP contribution is 2.12. The predicted molar refractivity (Wildman–Crippen MR) is 56.2 cm³/mol. The van der Waals surface area contributed by atoms with Gasteiger partial charge in [-0.05, 0) is 18.8 Å². The summed E-state index contributed by atoms with van der Waals surface area (Å²) in [5, 5.41) is 3.35. The van der Waals surface area contributed by atoms with Crippen molar-refractivity contribution in [3.8, 4) is 0 Å². The van der Waals surface area contributed by atoms with Crippen LogP contribution >= 0.6 is 12.4 Å². The second-order valence-corrected chi connectivity index (χ2v) is 3.35. The Morgan fingerprint density at radius 3 is 2.92 bits per heavy atom. The van der Waals surface area contributed by atoms with E-state index in [1.165, 1.54) is 18.7 Å². The highest BCUT2D eigenvalue weighted by molar-refractivity contribution is 5.85. The summed E-state index contributed by atoms with van der Waals surface area (Å²) in [4.78, 5) is 4.42. The first kappa shape index (κ1) is 11.8. The summed E-state index contributed by atoms with van der Waals surface area (Å²) in [5.41, 5.74) is 0. The molecule has 1 atom stereocenters. The molecule has 0 aromatic heterocycles. The lowest BCUT2D eigenvalue weighted by Crippen LogP contribution is -2.29. The molecule has 0 amide bonds. The Balaban J connectivity index is 0.00000121. The molecule has 3 heteroatoms. The van der Waals surface area contributed by atoms with Gasteiger partial charge in [0.1, 0.15) is 0 Å². The van der Waals surface area contributed by atoms with Crippen LogP contribution in [0.4, 0.5) is 0 Å². The third-order valence-electron chi connectivity index (χ3n) is 2.05. The van der Waals surface area contributed by atoms with Gasteiger partial charge in [0.2, 0.25) is 0 Å². The first-order valence-corrected chi connectivity index (χ1v) is 4.60. The van der Waals surface area contributed by atoms with E-state index < -0.39 is 0 Å². The minimum atomic E-state index is 0. The lowest BCUT2D eigenvalue weighted by atomic mass is 10.0.